The van der Waals surface area contributed by atoms with Gasteiger partial charge in [-0.25, -0.2) is 0 Å². The van der Waals surface area contributed by atoms with Gasteiger partial charge in [-0.05, 0) is 67.8 Å². The molecule has 1 fully saturated rings. The van der Waals surface area contributed by atoms with Gasteiger partial charge in [0.15, 0.2) is 0 Å². The summed E-state index contributed by atoms with van der Waals surface area (Å²) in [5, 5.41) is 4.26. The topological polar surface area (TPSA) is 58.2 Å². The van der Waals surface area contributed by atoms with Crippen molar-refractivity contribution in [2.45, 2.75) is 16.4 Å². The van der Waals surface area contributed by atoms with Crippen LogP contribution in [0.2, 0.25) is 5.02 Å². The van der Waals surface area contributed by atoms with E-state index in [1.165, 1.54) is 18.2 Å². The largest absolute Gasteiger partial charge is 0.405 e. The highest BCUT2D eigenvalue weighted by molar-refractivity contribution is 9.13. The first-order valence-electron chi connectivity index (χ1n) is 8.59. The monoisotopic (exact) mass is 620 g/mol. The van der Waals surface area contributed by atoms with E-state index in [0.717, 1.165) is 14.5 Å². The lowest BCUT2D eigenvalue weighted by molar-refractivity contribution is -0.123. The highest BCUT2D eigenvalue weighted by Crippen LogP contribution is 2.65. The van der Waals surface area contributed by atoms with Crippen molar-refractivity contribution >= 4 is 84.2 Å². The van der Waals surface area contributed by atoms with Crippen LogP contribution in [-0.2, 0) is 4.79 Å². The molecule has 1 aliphatic rings. The Morgan fingerprint density at radius 3 is 2.35 bits per heavy atom. The normalized spacial score (nSPS) is 19.6. The molecule has 0 bridgehead atoms. The van der Waals surface area contributed by atoms with Gasteiger partial charge in [0.05, 0.1) is 16.5 Å². The zero-order chi connectivity index (χ0) is 23.1. The maximum absolute atomic E-state index is 12.8. The summed E-state index contributed by atoms with van der Waals surface area (Å²) in [7, 11) is 0. The van der Waals surface area contributed by atoms with Crippen molar-refractivity contribution in [1.82, 2.24) is 5.32 Å². The van der Waals surface area contributed by atoms with Crippen LogP contribution < -0.4 is 10.6 Å². The molecular weight excluding hydrogens is 611 g/mol. The highest BCUT2D eigenvalue weighted by Gasteiger charge is 2.67. The van der Waals surface area contributed by atoms with Crippen LogP contribution in [0.15, 0.2) is 45.3 Å². The van der Waals surface area contributed by atoms with Crippen LogP contribution in [0.3, 0.4) is 0 Å². The number of carbonyl (C=O) groups excluding carboxylic acids is 2. The number of nitrogens with one attached hydrogen (secondary N) is 2. The molecule has 0 aliphatic heterocycles. The van der Waals surface area contributed by atoms with Crippen LogP contribution in [0.1, 0.15) is 21.8 Å². The molecule has 2 aromatic carbocycles. The Bertz CT molecular complexity index is 1050. The molecule has 1 saturated carbocycles. The summed E-state index contributed by atoms with van der Waals surface area (Å²) in [6.07, 6.45) is -4.57. The molecule has 2 amide bonds. The summed E-state index contributed by atoms with van der Waals surface area (Å²) in [4.78, 5) is 24.8. The molecule has 4 nitrogen and oxygen atoms in total. The number of benzene rings is 2. The molecule has 12 heteroatoms. The van der Waals surface area contributed by atoms with Crippen LogP contribution in [0.25, 0.3) is 0 Å². The molecule has 166 valence electrons. The third kappa shape index (κ3) is 5.68. The summed E-state index contributed by atoms with van der Waals surface area (Å²) >= 11 is 25.4. The van der Waals surface area contributed by atoms with Crippen molar-refractivity contribution in [2.24, 2.45) is 5.92 Å². The van der Waals surface area contributed by atoms with Gasteiger partial charge in [0.2, 0.25) is 5.91 Å². The first-order chi connectivity index (χ1) is 14.3. The first kappa shape index (κ1) is 24.6. The minimum Gasteiger partial charge on any atom is -0.343 e. The predicted octanol–water partition coefficient (Wildman–Crippen LogP) is 6.68. The summed E-state index contributed by atoms with van der Waals surface area (Å²) in [5.41, 5.74) is 0.706. The SMILES string of the molecule is O=C(NCC(F)(F)F)c1cc(NC(=O)[C@H]2[C@H](c3ccc(Br)c(Br)c3)C2(Cl)Cl)ccc1Cl. The summed E-state index contributed by atoms with van der Waals surface area (Å²) in [6, 6.07) is 9.28. The zero-order valence-electron chi connectivity index (χ0n) is 15.2. The van der Waals surface area contributed by atoms with Gasteiger partial charge in [-0.3, -0.25) is 9.59 Å². The lowest BCUT2D eigenvalue weighted by Gasteiger charge is -2.11. The minimum absolute atomic E-state index is 0.0641. The van der Waals surface area contributed by atoms with Crippen molar-refractivity contribution in [3.63, 3.8) is 0 Å². The maximum atomic E-state index is 12.8. The van der Waals surface area contributed by atoms with Crippen LogP contribution in [0.5, 0.6) is 0 Å². The molecule has 0 heterocycles. The number of anilines is 1. The quantitative estimate of drug-likeness (QED) is 0.365. The minimum atomic E-state index is -4.57. The van der Waals surface area contributed by atoms with Gasteiger partial charge < -0.3 is 10.6 Å². The Labute approximate surface area is 207 Å². The van der Waals surface area contributed by atoms with Gasteiger partial charge in [-0.15, -0.1) is 23.2 Å². The number of halogens is 8. The molecule has 2 aromatic rings. The van der Waals surface area contributed by atoms with E-state index in [1.807, 2.05) is 0 Å². The second kappa shape index (κ2) is 9.09. The van der Waals surface area contributed by atoms with Gasteiger partial charge >= 0.3 is 6.18 Å². The zero-order valence-corrected chi connectivity index (χ0v) is 20.6. The maximum Gasteiger partial charge on any atom is 0.405 e. The lowest BCUT2D eigenvalue weighted by atomic mass is 10.1. The van der Waals surface area contributed by atoms with E-state index in [-0.39, 0.29) is 16.3 Å². The Balaban J connectivity index is 1.74. The van der Waals surface area contributed by atoms with Gasteiger partial charge in [0.25, 0.3) is 5.91 Å². The fourth-order valence-corrected chi connectivity index (χ4v) is 4.72. The molecule has 0 radical (unpaired) electrons. The van der Waals surface area contributed by atoms with Crippen molar-refractivity contribution in [3.8, 4) is 0 Å². The number of amides is 2. The Morgan fingerprint density at radius 1 is 1.06 bits per heavy atom. The molecule has 0 unspecified atom stereocenters. The lowest BCUT2D eigenvalue weighted by Crippen LogP contribution is -2.33. The standard InChI is InChI=1S/C19H12Br2Cl3F3N2O2/c20-11-3-1-8(5-12(11)21)14-15(19(14,23)24)17(31)29-9-2-4-13(22)10(6-9)16(30)28-7-18(25,26)27/h1-6,14-15H,7H2,(H,28,30)(H,29,31)/t14-,15+/m0/s1. The van der Waals surface area contributed by atoms with Crippen molar-refractivity contribution in [1.29, 1.82) is 0 Å². The van der Waals surface area contributed by atoms with E-state index in [4.69, 9.17) is 34.8 Å². The molecule has 0 saturated heterocycles. The molecule has 2 atom stereocenters. The number of hydrogen-bond donors (Lipinski definition) is 2. The molecule has 0 spiro atoms. The van der Waals surface area contributed by atoms with Crippen molar-refractivity contribution in [3.05, 3.63) is 61.5 Å². The highest BCUT2D eigenvalue weighted by atomic mass is 79.9. The predicted molar refractivity (Wildman–Crippen MR) is 121 cm³/mol. The summed E-state index contributed by atoms with van der Waals surface area (Å²) < 4.78 is 37.3. The van der Waals surface area contributed by atoms with E-state index in [2.05, 4.69) is 37.2 Å². The van der Waals surface area contributed by atoms with E-state index in [0.29, 0.717) is 0 Å². The van der Waals surface area contributed by atoms with Crippen LogP contribution >= 0.6 is 66.7 Å². The fraction of sp³-hybridized carbons (Fsp3) is 0.263. The van der Waals surface area contributed by atoms with E-state index in [9.17, 15) is 22.8 Å². The van der Waals surface area contributed by atoms with Gasteiger partial charge in [0, 0.05) is 20.6 Å². The molecule has 2 N–H and O–H groups in total. The van der Waals surface area contributed by atoms with Crippen molar-refractivity contribution < 1.29 is 22.8 Å². The van der Waals surface area contributed by atoms with Crippen LogP contribution in [-0.4, -0.2) is 28.9 Å². The number of rotatable bonds is 5. The second-order valence-electron chi connectivity index (χ2n) is 6.79. The molecule has 31 heavy (non-hydrogen) atoms. The molecule has 0 aromatic heterocycles. The van der Waals surface area contributed by atoms with Gasteiger partial charge in [-0.2, -0.15) is 13.2 Å². The molecule has 3 rings (SSSR count). The fourth-order valence-electron chi connectivity index (χ4n) is 3.05. The Morgan fingerprint density at radius 2 is 1.74 bits per heavy atom. The van der Waals surface area contributed by atoms with Crippen LogP contribution in [0.4, 0.5) is 18.9 Å². The Hall–Kier alpha value is -1.000. The third-order valence-electron chi connectivity index (χ3n) is 4.57. The van der Waals surface area contributed by atoms with Crippen LogP contribution in [0, 0.1) is 5.92 Å². The number of carbonyl (C=O) groups is 2. The summed E-state index contributed by atoms with van der Waals surface area (Å²) in [6.45, 7) is -1.51. The Kier molecular flexibility index (Phi) is 7.23. The van der Waals surface area contributed by atoms with E-state index >= 15 is 0 Å². The van der Waals surface area contributed by atoms with E-state index < -0.39 is 40.7 Å². The summed E-state index contributed by atoms with van der Waals surface area (Å²) in [5.74, 6) is -2.77. The average Bonchev–Trinajstić information content (AvgIpc) is 3.25. The van der Waals surface area contributed by atoms with Crippen molar-refractivity contribution in [2.75, 3.05) is 11.9 Å². The van der Waals surface area contributed by atoms with Gasteiger partial charge in [0.1, 0.15) is 10.9 Å². The second-order valence-corrected chi connectivity index (χ2v) is 10.3. The molecule has 1 aliphatic carbocycles. The smallest absolute Gasteiger partial charge is 0.343 e. The average molecular weight is 623 g/mol. The third-order valence-corrected chi connectivity index (χ3v) is 7.72. The number of hydrogen-bond acceptors (Lipinski definition) is 2. The number of alkyl halides is 5. The van der Waals surface area contributed by atoms with E-state index in [1.54, 1.807) is 23.5 Å². The molecular formula is C19H12Br2Cl3F3N2O2. The van der Waals surface area contributed by atoms with Gasteiger partial charge in [-0.1, -0.05) is 17.7 Å². The first-order valence-corrected chi connectivity index (χ1v) is 11.3.